The fraction of sp³-hybridized carbons (Fsp3) is 0. The van der Waals surface area contributed by atoms with E-state index in [1.165, 1.54) is 6.21 Å². The molecule has 3 rings (SSSR count). The van der Waals surface area contributed by atoms with Gasteiger partial charge in [0, 0.05) is 29.4 Å². The van der Waals surface area contributed by atoms with Gasteiger partial charge in [0.2, 0.25) is 5.88 Å². The third-order valence-corrected chi connectivity index (χ3v) is 2.95. The Kier molecular flexibility index (Phi) is 3.01. The molecule has 0 aliphatic carbocycles. The fourth-order valence-electron chi connectivity index (χ4n) is 1.99. The van der Waals surface area contributed by atoms with Crippen molar-refractivity contribution >= 4 is 22.7 Å². The quantitative estimate of drug-likeness (QED) is 0.698. The van der Waals surface area contributed by atoms with Crippen molar-refractivity contribution in [1.82, 2.24) is 9.97 Å². The van der Waals surface area contributed by atoms with Crippen molar-refractivity contribution in [2.24, 2.45) is 4.99 Å². The summed E-state index contributed by atoms with van der Waals surface area (Å²) in [5.74, 6) is -0.188. The van der Waals surface area contributed by atoms with Crippen molar-refractivity contribution in [2.75, 3.05) is 0 Å². The lowest BCUT2D eigenvalue weighted by Gasteiger charge is -2.03. The molecule has 1 aromatic carbocycles. The molecule has 0 bridgehead atoms. The molecule has 3 aromatic rings. The first-order valence-electron chi connectivity index (χ1n) is 6.04. The molecule has 0 atom stereocenters. The second-order valence-corrected chi connectivity index (χ2v) is 4.23. The van der Waals surface area contributed by atoms with Crippen LogP contribution in [0.25, 0.3) is 10.8 Å². The van der Waals surface area contributed by atoms with Gasteiger partial charge < -0.3 is 5.11 Å². The summed E-state index contributed by atoms with van der Waals surface area (Å²) in [6.07, 6.45) is 4.80. The molecule has 0 spiro atoms. The minimum atomic E-state index is -0.320. The van der Waals surface area contributed by atoms with Crippen LogP contribution in [0, 0.1) is 0 Å². The highest BCUT2D eigenvalue weighted by molar-refractivity contribution is 6.01. The van der Waals surface area contributed by atoms with Crippen molar-refractivity contribution < 1.29 is 5.11 Å². The third-order valence-electron chi connectivity index (χ3n) is 2.95. The second kappa shape index (κ2) is 4.97. The lowest BCUT2D eigenvalue weighted by Crippen LogP contribution is -2.07. The first-order valence-corrected chi connectivity index (χ1v) is 6.04. The predicted octanol–water partition coefficient (Wildman–Crippen LogP) is 2.38. The summed E-state index contributed by atoms with van der Waals surface area (Å²) >= 11 is 0. The Morgan fingerprint density at radius 3 is 2.55 bits per heavy atom. The van der Waals surface area contributed by atoms with E-state index in [4.69, 9.17) is 0 Å². The Morgan fingerprint density at radius 1 is 1.10 bits per heavy atom. The molecule has 0 aliphatic rings. The molecule has 0 radical (unpaired) electrons. The van der Waals surface area contributed by atoms with E-state index in [1.54, 1.807) is 42.7 Å². The van der Waals surface area contributed by atoms with E-state index < -0.39 is 0 Å². The summed E-state index contributed by atoms with van der Waals surface area (Å²) in [7, 11) is 0. The molecule has 5 heteroatoms. The van der Waals surface area contributed by atoms with Crippen LogP contribution >= 0.6 is 0 Å². The number of nitrogens with one attached hydrogen (secondary N) is 1. The summed E-state index contributed by atoms with van der Waals surface area (Å²) < 4.78 is 0. The van der Waals surface area contributed by atoms with Crippen LogP contribution in [0.3, 0.4) is 0 Å². The maximum atomic E-state index is 11.8. The standard InChI is InChI=1S/C15H11N3O2/c19-14-12-4-2-1-3-11(12)13(15(20)18-14)9-17-10-5-7-16-8-6-10/h1-9H,(H2,18,19,20). The molecule has 2 N–H and O–H groups in total. The normalized spacial score (nSPS) is 11.2. The lowest BCUT2D eigenvalue weighted by molar-refractivity contribution is 0.452. The van der Waals surface area contributed by atoms with Crippen LogP contribution in [-0.4, -0.2) is 21.3 Å². The third kappa shape index (κ3) is 2.16. The molecule has 0 fully saturated rings. The molecule has 2 aromatic heterocycles. The first kappa shape index (κ1) is 12.1. The Balaban J connectivity index is 2.17. The largest absolute Gasteiger partial charge is 0.494 e. The van der Waals surface area contributed by atoms with E-state index >= 15 is 0 Å². The van der Waals surface area contributed by atoms with Crippen molar-refractivity contribution in [3.8, 4) is 5.88 Å². The van der Waals surface area contributed by atoms with Crippen LogP contribution < -0.4 is 5.56 Å². The number of rotatable bonds is 2. The van der Waals surface area contributed by atoms with Gasteiger partial charge >= 0.3 is 0 Å². The maximum Gasteiger partial charge on any atom is 0.258 e. The predicted molar refractivity (Wildman–Crippen MR) is 77.7 cm³/mol. The smallest absolute Gasteiger partial charge is 0.258 e. The van der Waals surface area contributed by atoms with Gasteiger partial charge in [-0.2, -0.15) is 0 Å². The molecular weight excluding hydrogens is 254 g/mol. The van der Waals surface area contributed by atoms with E-state index in [1.807, 2.05) is 6.07 Å². The second-order valence-electron chi connectivity index (χ2n) is 4.23. The number of aromatic hydroxyl groups is 1. The minimum absolute atomic E-state index is 0.188. The van der Waals surface area contributed by atoms with Crippen LogP contribution in [0.5, 0.6) is 5.88 Å². The Morgan fingerprint density at radius 2 is 1.80 bits per heavy atom. The zero-order valence-corrected chi connectivity index (χ0v) is 10.4. The van der Waals surface area contributed by atoms with Gasteiger partial charge in [-0.15, -0.1) is 0 Å². The van der Waals surface area contributed by atoms with Crippen molar-refractivity contribution in [3.63, 3.8) is 0 Å². The SMILES string of the molecule is O=c1[nH]c(O)c(C=Nc2ccncc2)c2ccccc12. The van der Waals surface area contributed by atoms with E-state index in [-0.39, 0.29) is 11.4 Å². The van der Waals surface area contributed by atoms with E-state index in [0.717, 1.165) is 5.69 Å². The Hall–Kier alpha value is -2.95. The van der Waals surface area contributed by atoms with Crippen LogP contribution in [0.1, 0.15) is 5.56 Å². The summed E-state index contributed by atoms with van der Waals surface area (Å²) in [4.78, 5) is 22.4. The number of H-pyrrole nitrogens is 1. The van der Waals surface area contributed by atoms with Gasteiger partial charge in [-0.05, 0) is 18.2 Å². The van der Waals surface area contributed by atoms with Crippen LogP contribution in [0.15, 0.2) is 58.6 Å². The molecular formula is C15H11N3O2. The van der Waals surface area contributed by atoms with Gasteiger partial charge in [-0.1, -0.05) is 18.2 Å². The number of fused-ring (bicyclic) bond motifs is 1. The lowest BCUT2D eigenvalue weighted by atomic mass is 10.1. The molecule has 0 amide bonds. The fourth-order valence-corrected chi connectivity index (χ4v) is 1.99. The summed E-state index contributed by atoms with van der Waals surface area (Å²) in [6.45, 7) is 0. The Labute approximate surface area is 114 Å². The highest BCUT2D eigenvalue weighted by atomic mass is 16.3. The topological polar surface area (TPSA) is 78.3 Å². The van der Waals surface area contributed by atoms with Gasteiger partial charge in [-0.3, -0.25) is 19.8 Å². The molecule has 0 aliphatic heterocycles. The van der Waals surface area contributed by atoms with Crippen LogP contribution in [0.4, 0.5) is 5.69 Å². The molecule has 2 heterocycles. The van der Waals surface area contributed by atoms with Gasteiger partial charge in [0.15, 0.2) is 0 Å². The monoisotopic (exact) mass is 265 g/mol. The molecule has 5 nitrogen and oxygen atoms in total. The summed E-state index contributed by atoms with van der Waals surface area (Å²) in [5, 5.41) is 11.1. The Bertz CT molecular complexity index is 839. The number of aliphatic imine (C=N–C) groups is 1. The number of hydrogen-bond acceptors (Lipinski definition) is 4. The first-order chi connectivity index (χ1) is 9.75. The summed E-state index contributed by atoms with van der Waals surface area (Å²) in [5.41, 5.74) is 0.880. The van der Waals surface area contributed by atoms with Crippen molar-refractivity contribution in [3.05, 3.63) is 64.7 Å². The highest BCUT2D eigenvalue weighted by Crippen LogP contribution is 2.21. The van der Waals surface area contributed by atoms with Crippen LogP contribution in [0.2, 0.25) is 0 Å². The number of aromatic nitrogens is 2. The average molecular weight is 265 g/mol. The zero-order valence-electron chi connectivity index (χ0n) is 10.4. The van der Waals surface area contributed by atoms with Crippen LogP contribution in [-0.2, 0) is 0 Å². The van der Waals surface area contributed by atoms with Crippen molar-refractivity contribution in [2.45, 2.75) is 0 Å². The highest BCUT2D eigenvalue weighted by Gasteiger charge is 2.08. The molecule has 98 valence electrons. The summed E-state index contributed by atoms with van der Waals surface area (Å²) in [6, 6.07) is 10.6. The number of pyridine rings is 2. The number of aromatic amines is 1. The molecule has 0 saturated carbocycles. The molecule has 0 unspecified atom stereocenters. The molecule has 0 saturated heterocycles. The number of hydrogen-bond donors (Lipinski definition) is 2. The van der Waals surface area contributed by atoms with Gasteiger partial charge in [0.25, 0.3) is 5.56 Å². The van der Waals surface area contributed by atoms with Gasteiger partial charge in [0.05, 0.1) is 11.3 Å². The van der Waals surface area contributed by atoms with Gasteiger partial charge in [0.1, 0.15) is 0 Å². The number of benzene rings is 1. The maximum absolute atomic E-state index is 11.8. The van der Waals surface area contributed by atoms with E-state index in [0.29, 0.717) is 16.3 Å². The molecule has 20 heavy (non-hydrogen) atoms. The van der Waals surface area contributed by atoms with Crippen molar-refractivity contribution in [1.29, 1.82) is 0 Å². The van der Waals surface area contributed by atoms with E-state index in [9.17, 15) is 9.90 Å². The van der Waals surface area contributed by atoms with E-state index in [2.05, 4.69) is 15.0 Å². The average Bonchev–Trinajstić information content (AvgIpc) is 2.48. The minimum Gasteiger partial charge on any atom is -0.494 e. The van der Waals surface area contributed by atoms with Gasteiger partial charge in [-0.25, -0.2) is 0 Å². The zero-order chi connectivity index (χ0) is 13.9. The number of nitrogens with zero attached hydrogens (tertiary/aromatic N) is 2.